The molecule has 0 spiro atoms. The molecule has 1 atom stereocenters. The highest BCUT2D eigenvalue weighted by molar-refractivity contribution is 7.88. The van der Waals surface area contributed by atoms with Gasteiger partial charge in [-0.3, -0.25) is 4.98 Å². The fraction of sp³-hybridized carbons (Fsp3) is 0.714. The van der Waals surface area contributed by atoms with Crippen LogP contribution in [0.2, 0.25) is 0 Å². The van der Waals surface area contributed by atoms with E-state index < -0.39 is 10.0 Å². The lowest BCUT2D eigenvalue weighted by Gasteiger charge is -2.33. The molecule has 2 aliphatic rings. The first-order valence-corrected chi connectivity index (χ1v) is 9.44. The van der Waals surface area contributed by atoms with Crippen LogP contribution in [0.5, 0.6) is 0 Å². The average Bonchev–Trinajstić information content (AvgIpc) is 3.01. The molecule has 0 bridgehead atoms. The molecule has 2 aliphatic heterocycles. The molecule has 0 aliphatic carbocycles. The van der Waals surface area contributed by atoms with Gasteiger partial charge in [-0.05, 0) is 25.7 Å². The lowest BCUT2D eigenvalue weighted by atomic mass is 10.0. The molecule has 0 saturated carbocycles. The first-order valence-electron chi connectivity index (χ1n) is 7.59. The van der Waals surface area contributed by atoms with Crippen LogP contribution in [0.15, 0.2) is 12.4 Å². The van der Waals surface area contributed by atoms with Gasteiger partial charge in [-0.25, -0.2) is 13.4 Å². The number of nitrogens with zero attached hydrogens (tertiary/aromatic N) is 4. The molecule has 3 rings (SSSR count). The van der Waals surface area contributed by atoms with Crippen molar-refractivity contribution in [3.8, 4) is 0 Å². The molecule has 2 saturated heterocycles. The predicted molar refractivity (Wildman–Crippen MR) is 81.6 cm³/mol. The van der Waals surface area contributed by atoms with E-state index in [4.69, 9.17) is 4.98 Å². The van der Waals surface area contributed by atoms with Gasteiger partial charge in [-0.2, -0.15) is 4.31 Å². The maximum atomic E-state index is 12.0. The van der Waals surface area contributed by atoms with E-state index in [0.717, 1.165) is 43.9 Å². The van der Waals surface area contributed by atoms with Crippen LogP contribution in [-0.4, -0.2) is 48.6 Å². The van der Waals surface area contributed by atoms with Crippen LogP contribution in [0.3, 0.4) is 0 Å². The summed E-state index contributed by atoms with van der Waals surface area (Å²) >= 11 is 0. The SMILES string of the molecule is CS(=O)(=O)N1CCCCC1c1cncc(N2CCCC2)n1. The first kappa shape index (κ1) is 14.7. The molecule has 3 heterocycles. The minimum absolute atomic E-state index is 0.163. The Kier molecular flexibility index (Phi) is 4.12. The van der Waals surface area contributed by atoms with Crippen LogP contribution in [0.1, 0.15) is 43.8 Å². The van der Waals surface area contributed by atoms with Crippen molar-refractivity contribution in [1.29, 1.82) is 0 Å². The smallest absolute Gasteiger partial charge is 0.211 e. The van der Waals surface area contributed by atoms with Gasteiger partial charge >= 0.3 is 0 Å². The Hall–Kier alpha value is -1.21. The summed E-state index contributed by atoms with van der Waals surface area (Å²) in [6, 6.07) is -0.163. The summed E-state index contributed by atoms with van der Waals surface area (Å²) < 4.78 is 25.5. The van der Waals surface area contributed by atoms with E-state index in [9.17, 15) is 8.42 Å². The standard InChI is InChI=1S/C14H22N4O2S/c1-21(19,20)18-9-3-2-6-13(18)12-10-15-11-14(16-12)17-7-4-5-8-17/h10-11,13H,2-9H2,1H3. The Morgan fingerprint density at radius 2 is 1.81 bits per heavy atom. The lowest BCUT2D eigenvalue weighted by Crippen LogP contribution is -2.38. The quantitative estimate of drug-likeness (QED) is 0.847. The molecule has 1 aromatic heterocycles. The van der Waals surface area contributed by atoms with Crippen molar-refractivity contribution in [2.24, 2.45) is 0 Å². The van der Waals surface area contributed by atoms with Crippen molar-refractivity contribution < 1.29 is 8.42 Å². The van der Waals surface area contributed by atoms with Gasteiger partial charge in [0.25, 0.3) is 0 Å². The summed E-state index contributed by atoms with van der Waals surface area (Å²) in [4.78, 5) is 11.2. The number of anilines is 1. The summed E-state index contributed by atoms with van der Waals surface area (Å²) in [5, 5.41) is 0. The van der Waals surface area contributed by atoms with Crippen LogP contribution in [0.4, 0.5) is 5.82 Å². The summed E-state index contributed by atoms with van der Waals surface area (Å²) in [5.74, 6) is 0.879. The van der Waals surface area contributed by atoms with Crippen LogP contribution in [-0.2, 0) is 10.0 Å². The van der Waals surface area contributed by atoms with Gasteiger partial charge in [0.2, 0.25) is 10.0 Å². The molecule has 0 N–H and O–H groups in total. The Bertz CT molecular complexity index is 599. The number of hydrogen-bond acceptors (Lipinski definition) is 5. The van der Waals surface area contributed by atoms with Crippen LogP contribution in [0.25, 0.3) is 0 Å². The molecule has 0 amide bonds. The Balaban J connectivity index is 1.89. The van der Waals surface area contributed by atoms with Gasteiger partial charge in [-0.15, -0.1) is 0 Å². The minimum Gasteiger partial charge on any atom is -0.355 e. The highest BCUT2D eigenvalue weighted by Crippen LogP contribution is 2.32. The average molecular weight is 310 g/mol. The number of aromatic nitrogens is 2. The minimum atomic E-state index is -3.20. The highest BCUT2D eigenvalue weighted by atomic mass is 32.2. The van der Waals surface area contributed by atoms with Crippen molar-refractivity contribution >= 4 is 15.8 Å². The van der Waals surface area contributed by atoms with Crippen molar-refractivity contribution in [2.45, 2.75) is 38.1 Å². The predicted octanol–water partition coefficient (Wildman–Crippen LogP) is 1.56. The number of sulfonamides is 1. The maximum absolute atomic E-state index is 12.0. The number of piperidine rings is 1. The van der Waals surface area contributed by atoms with E-state index in [1.807, 2.05) is 0 Å². The summed E-state index contributed by atoms with van der Waals surface area (Å²) in [7, 11) is -3.20. The second kappa shape index (κ2) is 5.88. The first-order chi connectivity index (χ1) is 10.1. The van der Waals surface area contributed by atoms with Crippen molar-refractivity contribution in [1.82, 2.24) is 14.3 Å². The molecule has 1 aromatic rings. The molecular weight excluding hydrogens is 288 g/mol. The third-order valence-electron chi connectivity index (χ3n) is 4.29. The van der Waals surface area contributed by atoms with Crippen molar-refractivity contribution in [2.75, 3.05) is 30.8 Å². The molecule has 116 valence electrons. The van der Waals surface area contributed by atoms with Gasteiger partial charge in [0.15, 0.2) is 0 Å². The third-order valence-corrected chi connectivity index (χ3v) is 5.58. The summed E-state index contributed by atoms with van der Waals surface area (Å²) in [5.41, 5.74) is 0.782. The van der Waals surface area contributed by atoms with E-state index in [-0.39, 0.29) is 6.04 Å². The summed E-state index contributed by atoms with van der Waals surface area (Å²) in [6.45, 7) is 2.61. The fourth-order valence-corrected chi connectivity index (χ4v) is 4.36. The summed E-state index contributed by atoms with van der Waals surface area (Å²) in [6.07, 6.45) is 9.93. The Morgan fingerprint density at radius 3 is 2.52 bits per heavy atom. The molecule has 1 unspecified atom stereocenters. The molecule has 6 nitrogen and oxygen atoms in total. The number of rotatable bonds is 3. The zero-order valence-electron chi connectivity index (χ0n) is 12.4. The van der Waals surface area contributed by atoms with E-state index in [0.29, 0.717) is 6.54 Å². The normalized spacial score (nSPS) is 24.4. The van der Waals surface area contributed by atoms with Gasteiger partial charge in [0.1, 0.15) is 5.82 Å². The van der Waals surface area contributed by atoms with Gasteiger partial charge < -0.3 is 4.90 Å². The molecule has 2 fully saturated rings. The Morgan fingerprint density at radius 1 is 1.10 bits per heavy atom. The molecule has 21 heavy (non-hydrogen) atoms. The van der Waals surface area contributed by atoms with E-state index in [1.165, 1.54) is 19.1 Å². The largest absolute Gasteiger partial charge is 0.355 e. The molecule has 7 heteroatoms. The van der Waals surface area contributed by atoms with Crippen LogP contribution < -0.4 is 4.90 Å². The van der Waals surface area contributed by atoms with Gasteiger partial charge in [0, 0.05) is 19.6 Å². The molecule has 0 aromatic carbocycles. The highest BCUT2D eigenvalue weighted by Gasteiger charge is 2.32. The van der Waals surface area contributed by atoms with Crippen molar-refractivity contribution in [3.63, 3.8) is 0 Å². The van der Waals surface area contributed by atoms with Crippen molar-refractivity contribution in [3.05, 3.63) is 18.1 Å². The van der Waals surface area contributed by atoms with Crippen LogP contribution in [0, 0.1) is 0 Å². The fourth-order valence-electron chi connectivity index (χ4n) is 3.23. The third kappa shape index (κ3) is 3.18. The Labute approximate surface area is 126 Å². The zero-order chi connectivity index (χ0) is 14.9. The number of hydrogen-bond donors (Lipinski definition) is 0. The second-order valence-electron chi connectivity index (χ2n) is 5.88. The monoisotopic (exact) mass is 310 g/mol. The zero-order valence-corrected chi connectivity index (χ0v) is 13.2. The van der Waals surface area contributed by atoms with E-state index in [1.54, 1.807) is 16.7 Å². The van der Waals surface area contributed by atoms with Crippen LogP contribution >= 0.6 is 0 Å². The maximum Gasteiger partial charge on any atom is 0.211 e. The van der Waals surface area contributed by atoms with E-state index >= 15 is 0 Å². The molecular formula is C14H22N4O2S. The second-order valence-corrected chi connectivity index (χ2v) is 7.82. The topological polar surface area (TPSA) is 66.4 Å². The van der Waals surface area contributed by atoms with Gasteiger partial charge in [0.05, 0.1) is 30.4 Å². The van der Waals surface area contributed by atoms with Gasteiger partial charge in [-0.1, -0.05) is 6.42 Å². The molecule has 0 radical (unpaired) electrons. The van der Waals surface area contributed by atoms with E-state index in [2.05, 4.69) is 9.88 Å². The lowest BCUT2D eigenvalue weighted by molar-refractivity contribution is 0.252.